The minimum absolute atomic E-state index is 0. The molecule has 2 N–H and O–H groups in total. The average Bonchev–Trinajstić information content (AvgIpc) is 2.81. The molecule has 0 spiro atoms. The third-order valence-corrected chi connectivity index (χ3v) is 4.80. The Kier molecular flexibility index (Phi) is 9.55. The van der Waals surface area contributed by atoms with Crippen LogP contribution in [0, 0.1) is 0 Å². The van der Waals surface area contributed by atoms with Crippen LogP contribution in [0.1, 0.15) is 11.1 Å². The van der Waals surface area contributed by atoms with E-state index in [-0.39, 0.29) is 27.4 Å². The molecule has 0 amide bonds. The summed E-state index contributed by atoms with van der Waals surface area (Å²) >= 11 is 10.3. The van der Waals surface area contributed by atoms with Crippen molar-refractivity contribution in [1.29, 1.82) is 0 Å². The molecule has 0 saturated carbocycles. The molecule has 0 aliphatic heterocycles. The number of nitrogens with one attached hydrogen (secondary N) is 2. The molecule has 0 unspecified atom stereocenters. The van der Waals surface area contributed by atoms with E-state index < -0.39 is 0 Å². The Morgan fingerprint density at radius 1 is 0.645 bits per heavy atom. The summed E-state index contributed by atoms with van der Waals surface area (Å²) in [5.74, 6) is 0. The number of benzene rings is 3. The molecule has 3 aromatic carbocycles. The van der Waals surface area contributed by atoms with E-state index >= 15 is 0 Å². The van der Waals surface area contributed by atoms with Crippen LogP contribution in [0.2, 0.25) is 0 Å². The van der Waals surface area contributed by atoms with Crippen LogP contribution in [0.5, 0.6) is 0 Å². The maximum atomic E-state index is 5.17. The van der Waals surface area contributed by atoms with Crippen LogP contribution in [-0.2, 0) is 42.3 Å². The Morgan fingerprint density at radius 2 is 1.19 bits per heavy atom. The molecule has 0 aliphatic rings. The number of hydrogen-bond donors (Lipinski definition) is 2. The molecule has 161 valence electrons. The van der Waals surface area contributed by atoms with Gasteiger partial charge in [-0.25, -0.2) is 0 Å². The van der Waals surface area contributed by atoms with Gasteiger partial charge in [-0.2, -0.15) is 10.2 Å². The standard InChI is InChI=1S/C22H22N6S2.Cu/c1-23-21(29)27-25-19(16-10-4-3-5-11-16)20(26-28-22(30)24-2)18-14-8-12-15-9-6-7-13-17(15)18;/h3-14H,1-2H3,(H2,23,27,29)(H2,24,28,30);/q;+2/p-2. The summed E-state index contributed by atoms with van der Waals surface area (Å²) in [5, 5.41) is 25.4. The van der Waals surface area contributed by atoms with E-state index in [4.69, 9.17) is 25.3 Å². The van der Waals surface area contributed by atoms with Crippen molar-refractivity contribution in [3.05, 3.63) is 83.9 Å². The van der Waals surface area contributed by atoms with Crippen molar-refractivity contribution in [3.8, 4) is 0 Å². The fourth-order valence-corrected chi connectivity index (χ4v) is 2.87. The molecule has 0 saturated heterocycles. The normalized spacial score (nSPS) is 13.0. The van der Waals surface area contributed by atoms with Gasteiger partial charge in [-0.05, 0) is 21.1 Å². The van der Waals surface area contributed by atoms with Gasteiger partial charge in [-0.1, -0.05) is 72.8 Å². The molecule has 0 bridgehead atoms. The Bertz CT molecular complexity index is 1140. The van der Waals surface area contributed by atoms with Crippen molar-refractivity contribution in [2.75, 3.05) is 14.1 Å². The monoisotopic (exact) mass is 495 g/mol. The van der Waals surface area contributed by atoms with E-state index in [0.29, 0.717) is 11.4 Å². The van der Waals surface area contributed by atoms with Crippen molar-refractivity contribution in [2.45, 2.75) is 0 Å². The number of amidine groups is 2. The van der Waals surface area contributed by atoms with Gasteiger partial charge in [-0.15, -0.1) is 10.2 Å². The van der Waals surface area contributed by atoms with Crippen molar-refractivity contribution in [3.63, 3.8) is 0 Å². The van der Waals surface area contributed by atoms with Gasteiger partial charge >= 0.3 is 17.1 Å². The molecule has 0 fully saturated rings. The van der Waals surface area contributed by atoms with E-state index in [0.717, 1.165) is 21.9 Å². The SMILES string of the molecule is CNC([S-])=NN=C(C(=NN=C([S-])NC)c1cccc2ccccc12)c1ccccc1.[Cu+2]. The van der Waals surface area contributed by atoms with E-state index in [2.05, 4.69) is 31.0 Å². The quantitative estimate of drug-likeness (QED) is 0.187. The Labute approximate surface area is 203 Å². The van der Waals surface area contributed by atoms with Gasteiger partial charge < -0.3 is 35.9 Å². The predicted octanol–water partition coefficient (Wildman–Crippen LogP) is 3.19. The largest absolute Gasteiger partial charge is 2.00 e. The van der Waals surface area contributed by atoms with Crippen LogP contribution >= 0.6 is 0 Å². The van der Waals surface area contributed by atoms with E-state index in [1.54, 1.807) is 14.1 Å². The van der Waals surface area contributed by atoms with Crippen LogP contribution < -0.4 is 10.6 Å². The summed E-state index contributed by atoms with van der Waals surface area (Å²) in [6.45, 7) is 0. The molecular weight excluding hydrogens is 476 g/mol. The predicted molar refractivity (Wildman–Crippen MR) is 131 cm³/mol. The number of hydrogen-bond acceptors (Lipinski definition) is 6. The molecule has 31 heavy (non-hydrogen) atoms. The molecule has 0 aliphatic carbocycles. The zero-order valence-corrected chi connectivity index (χ0v) is 19.4. The Hall–Kier alpha value is -2.84. The summed E-state index contributed by atoms with van der Waals surface area (Å²) in [7, 11) is 3.40. The first kappa shape index (κ1) is 24.4. The van der Waals surface area contributed by atoms with Crippen LogP contribution in [-0.4, -0.2) is 35.9 Å². The minimum Gasteiger partial charge on any atom is -0.741 e. The number of fused-ring (bicyclic) bond motifs is 1. The van der Waals surface area contributed by atoms with E-state index in [1.165, 1.54) is 0 Å². The molecule has 1 radical (unpaired) electrons. The maximum absolute atomic E-state index is 5.17. The maximum Gasteiger partial charge on any atom is 2.00 e. The summed E-state index contributed by atoms with van der Waals surface area (Å²) in [5.41, 5.74) is 2.77. The average molecular weight is 496 g/mol. The van der Waals surface area contributed by atoms with Crippen LogP contribution in [0.25, 0.3) is 10.8 Å². The third kappa shape index (κ3) is 6.32. The number of rotatable bonds is 5. The van der Waals surface area contributed by atoms with Crippen LogP contribution in [0.3, 0.4) is 0 Å². The molecule has 6 nitrogen and oxygen atoms in total. The Balaban J connectivity index is 0.00000341. The summed E-state index contributed by atoms with van der Waals surface area (Å²) in [6, 6.07) is 23.7. The topological polar surface area (TPSA) is 73.5 Å². The second-order valence-electron chi connectivity index (χ2n) is 6.10. The van der Waals surface area contributed by atoms with Gasteiger partial charge in [0.25, 0.3) is 0 Å². The van der Waals surface area contributed by atoms with Gasteiger partial charge in [0.2, 0.25) is 0 Å². The van der Waals surface area contributed by atoms with Gasteiger partial charge in [0.05, 0.1) is 0 Å². The molecule has 0 heterocycles. The zero-order valence-electron chi connectivity index (χ0n) is 16.8. The Morgan fingerprint density at radius 3 is 1.84 bits per heavy atom. The minimum atomic E-state index is 0. The molecular formula is C22H20CuN6S2. The van der Waals surface area contributed by atoms with Crippen molar-refractivity contribution in [2.24, 2.45) is 20.4 Å². The van der Waals surface area contributed by atoms with Crippen LogP contribution in [0.4, 0.5) is 0 Å². The van der Waals surface area contributed by atoms with Gasteiger partial charge in [0.15, 0.2) is 0 Å². The molecule has 3 aromatic rings. The third-order valence-electron chi connectivity index (χ3n) is 4.23. The van der Waals surface area contributed by atoms with Crippen LogP contribution in [0.15, 0.2) is 93.2 Å². The second-order valence-corrected chi connectivity index (χ2v) is 6.87. The van der Waals surface area contributed by atoms with E-state index in [1.807, 2.05) is 72.8 Å². The number of nitrogens with zero attached hydrogens (tertiary/aromatic N) is 4. The summed E-state index contributed by atoms with van der Waals surface area (Å²) in [4.78, 5) is 0. The van der Waals surface area contributed by atoms with Crippen molar-refractivity contribution in [1.82, 2.24) is 10.6 Å². The van der Waals surface area contributed by atoms with Gasteiger partial charge in [-0.3, -0.25) is 0 Å². The smallest absolute Gasteiger partial charge is 0.741 e. The first-order chi connectivity index (χ1) is 14.6. The second kappa shape index (κ2) is 12.1. The van der Waals surface area contributed by atoms with Gasteiger partial charge in [0.1, 0.15) is 11.4 Å². The molecule has 9 heteroatoms. The van der Waals surface area contributed by atoms with Crippen molar-refractivity contribution >= 4 is 57.8 Å². The van der Waals surface area contributed by atoms with E-state index in [9.17, 15) is 0 Å². The molecule has 0 atom stereocenters. The zero-order chi connectivity index (χ0) is 21.3. The fourth-order valence-electron chi connectivity index (χ4n) is 2.79. The fraction of sp³-hybridized carbons (Fsp3) is 0.0909. The first-order valence-corrected chi connectivity index (χ1v) is 10.0. The van der Waals surface area contributed by atoms with Gasteiger partial charge in [0, 0.05) is 25.2 Å². The first-order valence-electron chi connectivity index (χ1n) is 9.18. The molecule has 3 rings (SSSR count). The van der Waals surface area contributed by atoms with Crippen molar-refractivity contribution < 1.29 is 17.1 Å². The summed E-state index contributed by atoms with van der Waals surface area (Å²) < 4.78 is 0. The molecule has 0 aromatic heterocycles. The summed E-state index contributed by atoms with van der Waals surface area (Å²) in [6.07, 6.45) is 0.